The van der Waals surface area contributed by atoms with Gasteiger partial charge in [0.2, 0.25) is 0 Å². The first-order valence-electron chi connectivity index (χ1n) is 10.6. The molecule has 0 aliphatic heterocycles. The predicted octanol–water partition coefficient (Wildman–Crippen LogP) is 4.36. The first-order valence-corrected chi connectivity index (χ1v) is 11.4. The fraction of sp³-hybridized carbons (Fsp3) is 0.667. The van der Waals surface area contributed by atoms with Gasteiger partial charge in [-0.05, 0) is 51.5 Å². The van der Waals surface area contributed by atoms with Crippen molar-refractivity contribution < 1.29 is 23.9 Å². The van der Waals surface area contributed by atoms with Gasteiger partial charge in [0.15, 0.2) is 0 Å². The second-order valence-electron chi connectivity index (χ2n) is 7.49. The second-order valence-corrected chi connectivity index (χ2v) is 8.60. The number of fused-ring (bicyclic) bond motifs is 1. The van der Waals surface area contributed by atoms with E-state index in [-0.39, 0.29) is 24.6 Å². The molecule has 2 amide bonds. The van der Waals surface area contributed by atoms with Gasteiger partial charge in [-0.25, -0.2) is 9.59 Å². The Bertz CT molecular complexity index is 754. The zero-order valence-corrected chi connectivity index (χ0v) is 18.0. The maximum atomic E-state index is 12.8. The van der Waals surface area contributed by atoms with Gasteiger partial charge in [0.25, 0.3) is 0 Å². The van der Waals surface area contributed by atoms with Crippen LogP contribution in [0, 0.1) is 0 Å². The van der Waals surface area contributed by atoms with Crippen molar-refractivity contribution in [2.24, 2.45) is 0 Å². The molecule has 0 spiro atoms. The molecule has 7 nitrogen and oxygen atoms in total. The molecule has 0 radical (unpaired) electrons. The van der Waals surface area contributed by atoms with Gasteiger partial charge in [-0.2, -0.15) is 0 Å². The Kier molecular flexibility index (Phi) is 7.52. The van der Waals surface area contributed by atoms with Gasteiger partial charge < -0.3 is 14.8 Å². The maximum absolute atomic E-state index is 12.8. The molecule has 160 valence electrons. The van der Waals surface area contributed by atoms with Gasteiger partial charge in [0, 0.05) is 10.9 Å². The van der Waals surface area contributed by atoms with Crippen molar-refractivity contribution >= 4 is 34.3 Å². The Balaban J connectivity index is 1.87. The molecule has 1 aromatic rings. The van der Waals surface area contributed by atoms with E-state index in [0.29, 0.717) is 29.2 Å². The normalized spacial score (nSPS) is 19.2. The molecule has 3 rings (SSSR count). The lowest BCUT2D eigenvalue weighted by Crippen LogP contribution is -2.39. The van der Waals surface area contributed by atoms with Gasteiger partial charge in [-0.15, -0.1) is 11.3 Å². The Morgan fingerprint density at radius 1 is 1.00 bits per heavy atom. The number of esters is 2. The Hall–Kier alpha value is -2.09. The minimum absolute atomic E-state index is 0.164. The number of nitrogens with one attached hydrogen (secondary N) is 2. The summed E-state index contributed by atoms with van der Waals surface area (Å²) in [4.78, 5) is 38.8. The fourth-order valence-electron chi connectivity index (χ4n) is 4.20. The molecule has 1 aromatic heterocycles. The minimum Gasteiger partial charge on any atom is -0.466 e. The van der Waals surface area contributed by atoms with Gasteiger partial charge in [0.05, 0.1) is 24.7 Å². The van der Waals surface area contributed by atoms with Gasteiger partial charge in [-0.3, -0.25) is 10.1 Å². The molecule has 2 aliphatic rings. The van der Waals surface area contributed by atoms with Crippen molar-refractivity contribution in [3.8, 4) is 0 Å². The molecule has 1 atom stereocenters. The molecular weight excluding hydrogens is 392 g/mol. The molecule has 0 bridgehead atoms. The zero-order valence-electron chi connectivity index (χ0n) is 17.2. The van der Waals surface area contributed by atoms with Crippen LogP contribution in [0.1, 0.15) is 85.5 Å². The van der Waals surface area contributed by atoms with E-state index in [4.69, 9.17) is 9.47 Å². The molecule has 0 aromatic carbocycles. The van der Waals surface area contributed by atoms with Gasteiger partial charge >= 0.3 is 18.0 Å². The van der Waals surface area contributed by atoms with Crippen molar-refractivity contribution in [1.29, 1.82) is 0 Å². The molecule has 0 saturated heterocycles. The highest BCUT2D eigenvalue weighted by Gasteiger charge is 2.37. The second kappa shape index (κ2) is 10.1. The molecular formula is C21H30N2O5S. The highest BCUT2D eigenvalue weighted by atomic mass is 32.1. The highest BCUT2D eigenvalue weighted by molar-refractivity contribution is 7.17. The number of urea groups is 1. The third-order valence-electron chi connectivity index (χ3n) is 5.49. The van der Waals surface area contributed by atoms with E-state index in [2.05, 4.69) is 10.6 Å². The summed E-state index contributed by atoms with van der Waals surface area (Å²) < 4.78 is 10.5. The third kappa shape index (κ3) is 5.10. The van der Waals surface area contributed by atoms with Crippen LogP contribution in [0.5, 0.6) is 0 Å². The van der Waals surface area contributed by atoms with E-state index in [1.807, 2.05) is 0 Å². The summed E-state index contributed by atoms with van der Waals surface area (Å²) in [7, 11) is 0. The largest absolute Gasteiger partial charge is 0.466 e. The van der Waals surface area contributed by atoms with E-state index in [1.54, 1.807) is 13.8 Å². The number of carbonyl (C=O) groups is 3. The van der Waals surface area contributed by atoms with E-state index in [1.165, 1.54) is 17.8 Å². The summed E-state index contributed by atoms with van der Waals surface area (Å²) in [5.41, 5.74) is 0.981. The third-order valence-corrected chi connectivity index (χ3v) is 6.67. The van der Waals surface area contributed by atoms with Gasteiger partial charge in [0.1, 0.15) is 5.00 Å². The number of hydrogen-bond acceptors (Lipinski definition) is 6. The maximum Gasteiger partial charge on any atom is 0.341 e. The SMILES string of the molecule is CCOC(=O)c1c(NC(=O)NC2CCCCC2)sc2c1C(C(=O)OCC)CCC2. The van der Waals surface area contributed by atoms with E-state index < -0.39 is 11.9 Å². The topological polar surface area (TPSA) is 93.7 Å². The van der Waals surface area contributed by atoms with E-state index in [9.17, 15) is 14.4 Å². The van der Waals surface area contributed by atoms with Crippen molar-refractivity contribution in [2.75, 3.05) is 18.5 Å². The van der Waals surface area contributed by atoms with Gasteiger partial charge in [-0.1, -0.05) is 19.3 Å². The van der Waals surface area contributed by atoms with Crippen molar-refractivity contribution in [2.45, 2.75) is 77.2 Å². The minimum atomic E-state index is -0.505. The number of carbonyl (C=O) groups excluding carboxylic acids is 3. The van der Waals surface area contributed by atoms with Crippen molar-refractivity contribution in [1.82, 2.24) is 5.32 Å². The lowest BCUT2D eigenvalue weighted by Gasteiger charge is -2.23. The number of ether oxygens (including phenoxy) is 2. The molecule has 2 aliphatic carbocycles. The average molecular weight is 423 g/mol. The lowest BCUT2D eigenvalue weighted by atomic mass is 9.85. The lowest BCUT2D eigenvalue weighted by molar-refractivity contribution is -0.145. The van der Waals surface area contributed by atoms with Crippen LogP contribution in [-0.4, -0.2) is 37.2 Å². The van der Waals surface area contributed by atoms with Crippen LogP contribution in [0.25, 0.3) is 0 Å². The van der Waals surface area contributed by atoms with Crippen LogP contribution in [-0.2, 0) is 20.7 Å². The molecule has 1 unspecified atom stereocenters. The van der Waals surface area contributed by atoms with Crippen LogP contribution in [0.4, 0.5) is 9.80 Å². The molecule has 1 heterocycles. The Morgan fingerprint density at radius 2 is 1.72 bits per heavy atom. The summed E-state index contributed by atoms with van der Waals surface area (Å²) in [5.74, 6) is -1.32. The molecule has 29 heavy (non-hydrogen) atoms. The fourth-order valence-corrected chi connectivity index (χ4v) is 5.49. The monoisotopic (exact) mass is 422 g/mol. The summed E-state index contributed by atoms with van der Waals surface area (Å²) in [6, 6.07) is -0.148. The van der Waals surface area contributed by atoms with E-state index in [0.717, 1.165) is 43.4 Å². The van der Waals surface area contributed by atoms with E-state index >= 15 is 0 Å². The molecule has 1 fully saturated rings. The number of anilines is 1. The quantitative estimate of drug-likeness (QED) is 0.664. The molecule has 1 saturated carbocycles. The summed E-state index contributed by atoms with van der Waals surface area (Å²) in [6.07, 6.45) is 7.64. The highest BCUT2D eigenvalue weighted by Crippen LogP contribution is 2.44. The summed E-state index contributed by atoms with van der Waals surface area (Å²) in [5, 5.41) is 6.33. The molecule has 2 N–H and O–H groups in total. The zero-order chi connectivity index (χ0) is 20.8. The van der Waals surface area contributed by atoms with Crippen LogP contribution in [0.3, 0.4) is 0 Å². The van der Waals surface area contributed by atoms with Crippen LogP contribution in [0.15, 0.2) is 0 Å². The average Bonchev–Trinajstić information content (AvgIpc) is 3.06. The first-order chi connectivity index (χ1) is 14.0. The smallest absolute Gasteiger partial charge is 0.341 e. The Morgan fingerprint density at radius 3 is 2.41 bits per heavy atom. The summed E-state index contributed by atoms with van der Waals surface area (Å²) in [6.45, 7) is 4.02. The standard InChI is InChI=1S/C21H30N2O5S/c1-3-27-19(24)14-11-8-12-15-16(14)17(20(25)28-4-2)18(29-15)23-21(26)22-13-9-6-5-7-10-13/h13-14H,3-12H2,1-2H3,(H2,22,23,26). The van der Waals surface area contributed by atoms with Crippen LogP contribution < -0.4 is 10.6 Å². The van der Waals surface area contributed by atoms with Crippen molar-refractivity contribution in [3.63, 3.8) is 0 Å². The van der Waals surface area contributed by atoms with Crippen LogP contribution in [0.2, 0.25) is 0 Å². The predicted molar refractivity (Wildman–Crippen MR) is 112 cm³/mol. The number of hydrogen-bond donors (Lipinski definition) is 2. The number of rotatable bonds is 6. The summed E-state index contributed by atoms with van der Waals surface area (Å²) >= 11 is 1.37. The Labute approximate surface area is 175 Å². The van der Waals surface area contributed by atoms with Crippen LogP contribution >= 0.6 is 11.3 Å². The first kappa shape index (κ1) is 21.6. The number of thiophene rings is 1. The number of amides is 2. The number of aryl methyl sites for hydroxylation is 1. The van der Waals surface area contributed by atoms with Crippen molar-refractivity contribution in [3.05, 3.63) is 16.0 Å². The molecule has 8 heteroatoms.